The number of halogens is 1. The molecule has 0 spiro atoms. The average molecular weight is 283 g/mol. The number of hydrogen-bond donors (Lipinski definition) is 0. The number of imidazole rings is 1. The summed E-state index contributed by atoms with van der Waals surface area (Å²) in [5.74, 6) is 0. The molecule has 0 aromatic carbocycles. The second-order valence-electron chi connectivity index (χ2n) is 3.61. The van der Waals surface area contributed by atoms with Crippen molar-refractivity contribution in [1.29, 1.82) is 0 Å². The van der Waals surface area contributed by atoms with E-state index >= 15 is 0 Å². The van der Waals surface area contributed by atoms with Gasteiger partial charge in [0.1, 0.15) is 0 Å². The van der Waals surface area contributed by atoms with E-state index < -0.39 is 0 Å². The Bertz CT molecular complexity index is 459. The molecule has 0 amide bonds. The van der Waals surface area contributed by atoms with Crippen molar-refractivity contribution in [2.24, 2.45) is 0 Å². The number of hydrogen-bond acceptors (Lipinski definition) is 2. The van der Waals surface area contributed by atoms with Gasteiger partial charge in [-0.15, -0.1) is 0 Å². The van der Waals surface area contributed by atoms with E-state index in [0.29, 0.717) is 0 Å². The molecule has 0 fully saturated rings. The summed E-state index contributed by atoms with van der Waals surface area (Å²) in [4.78, 5) is 4.05. The normalized spacial score (nSPS) is 10.9. The van der Waals surface area contributed by atoms with Crippen LogP contribution in [0.15, 0.2) is 23.2 Å². The van der Waals surface area contributed by atoms with E-state index in [0.717, 1.165) is 29.7 Å². The maximum atomic E-state index is 4.56. The Morgan fingerprint density at radius 1 is 1.38 bits per heavy atom. The molecule has 0 aliphatic heterocycles. The lowest BCUT2D eigenvalue weighted by molar-refractivity contribution is 0.594. The van der Waals surface area contributed by atoms with Crippen molar-refractivity contribution in [3.05, 3.63) is 34.6 Å². The molecule has 0 aliphatic carbocycles. The fourth-order valence-electron chi connectivity index (χ4n) is 1.72. The van der Waals surface area contributed by atoms with E-state index in [1.165, 1.54) is 5.69 Å². The van der Waals surface area contributed by atoms with Crippen LogP contribution in [-0.4, -0.2) is 19.3 Å². The zero-order chi connectivity index (χ0) is 11.5. The molecule has 4 nitrogen and oxygen atoms in total. The van der Waals surface area contributed by atoms with Crippen LogP contribution in [0.4, 0.5) is 0 Å². The van der Waals surface area contributed by atoms with Crippen molar-refractivity contribution in [2.45, 2.75) is 33.4 Å². The van der Waals surface area contributed by atoms with Crippen molar-refractivity contribution in [3.8, 4) is 0 Å². The van der Waals surface area contributed by atoms with Gasteiger partial charge in [-0.25, -0.2) is 4.98 Å². The zero-order valence-corrected chi connectivity index (χ0v) is 11.1. The van der Waals surface area contributed by atoms with Crippen LogP contribution in [0, 0.1) is 0 Å². The minimum Gasteiger partial charge on any atom is -0.331 e. The van der Waals surface area contributed by atoms with Gasteiger partial charge in [-0.3, -0.25) is 4.68 Å². The molecule has 0 unspecified atom stereocenters. The van der Waals surface area contributed by atoms with Gasteiger partial charge < -0.3 is 4.57 Å². The maximum absolute atomic E-state index is 4.56. The van der Waals surface area contributed by atoms with Crippen LogP contribution in [0.2, 0.25) is 0 Å². The van der Waals surface area contributed by atoms with Gasteiger partial charge in [0.25, 0.3) is 0 Å². The molecule has 0 aliphatic rings. The van der Waals surface area contributed by atoms with Crippen molar-refractivity contribution in [1.82, 2.24) is 19.3 Å². The predicted octanol–water partition coefficient (Wildman–Crippen LogP) is 2.47. The fraction of sp³-hybridized carbons (Fsp3) is 0.455. The first-order valence-electron chi connectivity index (χ1n) is 5.46. The van der Waals surface area contributed by atoms with Crippen LogP contribution in [-0.2, 0) is 19.5 Å². The number of nitrogens with zero attached hydrogens (tertiary/aromatic N) is 4. The van der Waals surface area contributed by atoms with Crippen LogP contribution in [0.3, 0.4) is 0 Å². The van der Waals surface area contributed by atoms with Gasteiger partial charge in [-0.2, -0.15) is 5.10 Å². The van der Waals surface area contributed by atoms with Gasteiger partial charge >= 0.3 is 0 Å². The monoisotopic (exact) mass is 282 g/mol. The fourth-order valence-corrected chi connectivity index (χ4v) is 2.41. The lowest BCUT2D eigenvalue weighted by Gasteiger charge is -2.05. The van der Waals surface area contributed by atoms with Crippen LogP contribution >= 0.6 is 15.9 Å². The molecule has 0 saturated heterocycles. The molecule has 0 radical (unpaired) electrons. The Hall–Kier alpha value is -1.10. The first-order valence-corrected chi connectivity index (χ1v) is 6.25. The summed E-state index contributed by atoms with van der Waals surface area (Å²) in [6.45, 7) is 5.93. The topological polar surface area (TPSA) is 35.6 Å². The first-order chi connectivity index (χ1) is 7.76. The van der Waals surface area contributed by atoms with Gasteiger partial charge in [-0.1, -0.05) is 6.92 Å². The number of rotatable bonds is 4. The zero-order valence-electron chi connectivity index (χ0n) is 9.52. The number of aryl methyl sites for hydroxylation is 2. The summed E-state index contributed by atoms with van der Waals surface area (Å²) in [6.07, 6.45) is 6.53. The van der Waals surface area contributed by atoms with E-state index in [1.54, 1.807) is 6.20 Å². The Morgan fingerprint density at radius 2 is 2.19 bits per heavy atom. The first kappa shape index (κ1) is 11.4. The third kappa shape index (κ3) is 2.04. The van der Waals surface area contributed by atoms with E-state index in [2.05, 4.69) is 39.9 Å². The second-order valence-corrected chi connectivity index (χ2v) is 4.40. The van der Waals surface area contributed by atoms with E-state index in [4.69, 9.17) is 0 Å². The molecule has 0 N–H and O–H groups in total. The smallest absolute Gasteiger partial charge is 0.0949 e. The molecule has 0 bridgehead atoms. The van der Waals surface area contributed by atoms with E-state index in [9.17, 15) is 0 Å². The van der Waals surface area contributed by atoms with Gasteiger partial charge in [0, 0.05) is 18.9 Å². The highest BCUT2D eigenvalue weighted by Gasteiger charge is 2.13. The highest BCUT2D eigenvalue weighted by Crippen LogP contribution is 2.23. The molecule has 2 aromatic heterocycles. The van der Waals surface area contributed by atoms with Crippen LogP contribution in [0.25, 0.3) is 0 Å². The summed E-state index contributed by atoms with van der Waals surface area (Å²) in [5.41, 5.74) is 2.33. The quantitative estimate of drug-likeness (QED) is 0.864. The van der Waals surface area contributed by atoms with Crippen molar-refractivity contribution < 1.29 is 0 Å². The molecular weight excluding hydrogens is 268 g/mol. The molecule has 2 aromatic rings. The van der Waals surface area contributed by atoms with Gasteiger partial charge in [0.05, 0.1) is 28.7 Å². The minimum atomic E-state index is 0.807. The SMILES string of the molecule is CCc1nn(CC)c(Cn2ccnc2)c1Br. The molecule has 5 heteroatoms. The van der Waals surface area contributed by atoms with E-state index in [1.807, 2.05) is 21.8 Å². The largest absolute Gasteiger partial charge is 0.331 e. The molecule has 16 heavy (non-hydrogen) atoms. The van der Waals surface area contributed by atoms with Crippen LogP contribution in [0.1, 0.15) is 25.2 Å². The summed E-state index contributed by atoms with van der Waals surface area (Å²) >= 11 is 3.63. The Morgan fingerprint density at radius 3 is 2.75 bits per heavy atom. The molecule has 2 rings (SSSR count). The van der Waals surface area contributed by atoms with E-state index in [-0.39, 0.29) is 0 Å². The highest BCUT2D eigenvalue weighted by atomic mass is 79.9. The third-order valence-corrected chi connectivity index (χ3v) is 3.50. The lowest BCUT2D eigenvalue weighted by Crippen LogP contribution is -2.07. The number of aromatic nitrogens is 4. The summed E-state index contributed by atoms with van der Waals surface area (Å²) in [7, 11) is 0. The molecule has 0 saturated carbocycles. The minimum absolute atomic E-state index is 0.807. The standard InChI is InChI=1S/C11H15BrN4/c1-3-9-11(12)10(16(4-2)14-9)7-15-6-5-13-8-15/h5-6,8H,3-4,7H2,1-2H3. The Balaban J connectivity index is 2.35. The van der Waals surface area contributed by atoms with Gasteiger partial charge in [0.15, 0.2) is 0 Å². The van der Waals surface area contributed by atoms with Gasteiger partial charge in [-0.05, 0) is 29.3 Å². The molecule has 0 atom stereocenters. The summed E-state index contributed by atoms with van der Waals surface area (Å²) in [6, 6.07) is 0. The third-order valence-electron chi connectivity index (χ3n) is 2.59. The summed E-state index contributed by atoms with van der Waals surface area (Å²) in [5, 5.41) is 4.56. The lowest BCUT2D eigenvalue weighted by atomic mass is 10.3. The van der Waals surface area contributed by atoms with Crippen LogP contribution < -0.4 is 0 Å². The molecular formula is C11H15BrN4. The Kier molecular flexibility index (Phi) is 3.43. The molecule has 86 valence electrons. The predicted molar refractivity (Wildman–Crippen MR) is 66.3 cm³/mol. The molecule has 2 heterocycles. The van der Waals surface area contributed by atoms with Gasteiger partial charge in [0.2, 0.25) is 0 Å². The maximum Gasteiger partial charge on any atom is 0.0949 e. The Labute approximate surface area is 103 Å². The van der Waals surface area contributed by atoms with Crippen molar-refractivity contribution >= 4 is 15.9 Å². The van der Waals surface area contributed by atoms with Crippen molar-refractivity contribution in [3.63, 3.8) is 0 Å². The second kappa shape index (κ2) is 4.82. The average Bonchev–Trinajstić information content (AvgIpc) is 2.89. The summed E-state index contributed by atoms with van der Waals surface area (Å²) < 4.78 is 5.22. The van der Waals surface area contributed by atoms with Crippen molar-refractivity contribution in [2.75, 3.05) is 0 Å². The highest BCUT2D eigenvalue weighted by molar-refractivity contribution is 9.10. The van der Waals surface area contributed by atoms with Crippen LogP contribution in [0.5, 0.6) is 0 Å².